The number of hydrogen-bond donors (Lipinski definition) is 2. The van der Waals surface area contributed by atoms with Crippen molar-refractivity contribution in [2.75, 3.05) is 13.1 Å². The van der Waals surface area contributed by atoms with Gasteiger partial charge in [0.05, 0.1) is 11.0 Å². The molecule has 29 heavy (non-hydrogen) atoms. The molecule has 1 aliphatic heterocycles. The molecule has 5 nitrogen and oxygen atoms in total. The first-order valence-electron chi connectivity index (χ1n) is 10.6. The first-order valence-corrected chi connectivity index (χ1v) is 10.6. The van der Waals surface area contributed by atoms with Crippen LogP contribution in [0.1, 0.15) is 43.6 Å². The van der Waals surface area contributed by atoms with E-state index < -0.39 is 0 Å². The van der Waals surface area contributed by atoms with Crippen LogP contribution in [0.25, 0.3) is 11.0 Å². The fourth-order valence-corrected chi connectivity index (χ4v) is 4.46. The van der Waals surface area contributed by atoms with Gasteiger partial charge in [0.25, 0.3) is 0 Å². The maximum absolute atomic E-state index is 13.0. The minimum absolute atomic E-state index is 0.0944. The topological polar surface area (TPSA) is 59.0 Å². The monoisotopic (exact) mass is 390 g/mol. The highest BCUT2D eigenvalue weighted by atomic mass is 16.1. The summed E-state index contributed by atoms with van der Waals surface area (Å²) >= 11 is 0. The molecule has 1 aromatic heterocycles. The zero-order chi connectivity index (χ0) is 20.2. The highest BCUT2D eigenvalue weighted by Gasteiger charge is 2.26. The molecular weight excluding hydrogens is 360 g/mol. The van der Waals surface area contributed by atoms with Gasteiger partial charge in [0.15, 0.2) is 0 Å². The van der Waals surface area contributed by atoms with Crippen LogP contribution in [-0.4, -0.2) is 28.5 Å². The van der Waals surface area contributed by atoms with E-state index in [4.69, 9.17) is 4.98 Å². The van der Waals surface area contributed by atoms with Gasteiger partial charge in [0.1, 0.15) is 11.9 Å². The Hall–Kier alpha value is -2.66. The Morgan fingerprint density at radius 2 is 1.83 bits per heavy atom. The average Bonchev–Trinajstić information content (AvgIpc) is 3.10. The van der Waals surface area contributed by atoms with E-state index in [0.717, 1.165) is 48.4 Å². The molecule has 0 aliphatic carbocycles. The van der Waals surface area contributed by atoms with Crippen LogP contribution in [0.5, 0.6) is 0 Å². The van der Waals surface area contributed by atoms with Crippen LogP contribution < -0.4 is 10.6 Å². The Balaban J connectivity index is 1.58. The minimum atomic E-state index is -0.263. The second kappa shape index (κ2) is 8.78. The van der Waals surface area contributed by atoms with Crippen LogP contribution in [0.3, 0.4) is 0 Å². The van der Waals surface area contributed by atoms with E-state index in [2.05, 4.69) is 40.3 Å². The Morgan fingerprint density at radius 1 is 1.14 bits per heavy atom. The lowest BCUT2D eigenvalue weighted by Gasteiger charge is -2.28. The maximum Gasteiger partial charge on any atom is 0.221 e. The van der Waals surface area contributed by atoms with Crippen LogP contribution in [0.15, 0.2) is 54.6 Å². The first kappa shape index (κ1) is 19.6. The number of fused-ring (bicyclic) bond motifs is 1. The molecule has 152 valence electrons. The van der Waals surface area contributed by atoms with E-state index >= 15 is 0 Å². The molecule has 2 N–H and O–H groups in total. The van der Waals surface area contributed by atoms with Crippen molar-refractivity contribution in [3.8, 4) is 0 Å². The van der Waals surface area contributed by atoms with E-state index in [1.165, 1.54) is 0 Å². The fourth-order valence-electron chi connectivity index (χ4n) is 4.46. The predicted octanol–water partition coefficient (Wildman–Crippen LogP) is 3.80. The van der Waals surface area contributed by atoms with E-state index in [0.29, 0.717) is 18.3 Å². The number of benzene rings is 2. The number of rotatable bonds is 6. The molecule has 0 spiro atoms. The molecule has 1 amide bonds. The van der Waals surface area contributed by atoms with E-state index in [1.54, 1.807) is 0 Å². The fraction of sp³-hybridized carbons (Fsp3) is 0.417. The van der Waals surface area contributed by atoms with E-state index in [9.17, 15) is 4.79 Å². The van der Waals surface area contributed by atoms with Gasteiger partial charge in [-0.2, -0.15) is 0 Å². The normalized spacial score (nSPS) is 17.2. The summed E-state index contributed by atoms with van der Waals surface area (Å²) in [5, 5.41) is 6.69. The van der Waals surface area contributed by atoms with Crippen LogP contribution >= 0.6 is 0 Å². The first-order chi connectivity index (χ1) is 14.1. The number of aryl methyl sites for hydroxylation is 1. The number of hydrogen-bond acceptors (Lipinski definition) is 3. The highest BCUT2D eigenvalue weighted by molar-refractivity contribution is 5.78. The number of aromatic nitrogens is 2. The molecule has 2 atom stereocenters. The second-order valence-corrected chi connectivity index (χ2v) is 8.20. The summed E-state index contributed by atoms with van der Waals surface area (Å²) in [5.41, 5.74) is 3.07. The Bertz CT molecular complexity index is 959. The molecule has 0 radical (unpaired) electrons. The molecule has 1 aliphatic rings. The number of nitrogens with zero attached hydrogens (tertiary/aromatic N) is 2. The van der Waals surface area contributed by atoms with Crippen molar-refractivity contribution in [3.63, 3.8) is 0 Å². The van der Waals surface area contributed by atoms with Crippen LogP contribution in [-0.2, 0) is 11.8 Å². The lowest BCUT2D eigenvalue weighted by Crippen LogP contribution is -2.35. The lowest BCUT2D eigenvalue weighted by molar-refractivity contribution is -0.122. The standard InChI is InChI=1S/C24H30N4O/c1-17(18-12-14-25-15-13-18)16-22(29)27-23(19-8-4-3-5-9-19)24-26-20-10-6-7-11-21(20)28(24)2/h3-11,17-18,23,25H,12-16H2,1-2H3,(H,27,29). The third-order valence-corrected chi connectivity index (χ3v) is 6.21. The van der Waals surface area contributed by atoms with Gasteiger partial charge in [-0.3, -0.25) is 4.79 Å². The molecule has 2 aromatic carbocycles. The van der Waals surface area contributed by atoms with Crippen LogP contribution in [0, 0.1) is 11.8 Å². The number of amides is 1. The molecular formula is C24H30N4O. The highest BCUT2D eigenvalue weighted by Crippen LogP contribution is 2.27. The van der Waals surface area contributed by atoms with Crippen molar-refractivity contribution in [1.29, 1.82) is 0 Å². The molecule has 0 bridgehead atoms. The Kier molecular flexibility index (Phi) is 5.95. The molecule has 4 rings (SSSR count). The molecule has 5 heteroatoms. The molecule has 2 unspecified atom stereocenters. The summed E-state index contributed by atoms with van der Waals surface area (Å²) in [6, 6.07) is 18.0. The molecule has 2 heterocycles. The maximum atomic E-state index is 13.0. The van der Waals surface area contributed by atoms with E-state index in [1.807, 2.05) is 43.4 Å². The molecule has 3 aromatic rings. The van der Waals surface area contributed by atoms with Gasteiger partial charge in [-0.05, 0) is 55.5 Å². The number of carbonyl (C=O) groups is 1. The van der Waals surface area contributed by atoms with Crippen molar-refractivity contribution >= 4 is 16.9 Å². The van der Waals surface area contributed by atoms with Crippen LogP contribution in [0.2, 0.25) is 0 Å². The lowest BCUT2D eigenvalue weighted by atomic mass is 9.84. The average molecular weight is 391 g/mol. The van der Waals surface area contributed by atoms with Crippen molar-refractivity contribution in [2.45, 2.75) is 32.2 Å². The van der Waals surface area contributed by atoms with E-state index in [-0.39, 0.29) is 11.9 Å². The predicted molar refractivity (Wildman–Crippen MR) is 117 cm³/mol. The van der Waals surface area contributed by atoms with Gasteiger partial charge >= 0.3 is 0 Å². The Labute approximate surface area is 172 Å². The second-order valence-electron chi connectivity index (χ2n) is 8.20. The van der Waals surface area contributed by atoms with Crippen LogP contribution in [0.4, 0.5) is 0 Å². The Morgan fingerprint density at radius 3 is 2.55 bits per heavy atom. The van der Waals surface area contributed by atoms with Crippen molar-refractivity contribution < 1.29 is 4.79 Å². The van der Waals surface area contributed by atoms with Gasteiger partial charge in [0.2, 0.25) is 5.91 Å². The minimum Gasteiger partial charge on any atom is -0.342 e. The van der Waals surface area contributed by atoms with Crippen molar-refractivity contribution in [1.82, 2.24) is 20.2 Å². The van der Waals surface area contributed by atoms with Gasteiger partial charge in [-0.25, -0.2) is 4.98 Å². The smallest absolute Gasteiger partial charge is 0.221 e. The summed E-state index contributed by atoms with van der Waals surface area (Å²) < 4.78 is 2.09. The van der Waals surface area contributed by atoms with Gasteiger partial charge in [0, 0.05) is 13.5 Å². The summed E-state index contributed by atoms with van der Waals surface area (Å²) in [6.45, 7) is 4.33. The number of imidazole rings is 1. The summed E-state index contributed by atoms with van der Waals surface area (Å²) in [4.78, 5) is 17.9. The third kappa shape index (κ3) is 4.35. The SMILES string of the molecule is CC(CC(=O)NC(c1ccccc1)c1nc2ccccc2n1C)C1CCNCC1. The van der Waals surface area contributed by atoms with Gasteiger partial charge in [-0.1, -0.05) is 49.4 Å². The zero-order valence-corrected chi connectivity index (χ0v) is 17.3. The van der Waals surface area contributed by atoms with Crippen molar-refractivity contribution in [2.24, 2.45) is 18.9 Å². The van der Waals surface area contributed by atoms with Gasteiger partial charge < -0.3 is 15.2 Å². The number of piperidine rings is 1. The van der Waals surface area contributed by atoms with Gasteiger partial charge in [-0.15, -0.1) is 0 Å². The quantitative estimate of drug-likeness (QED) is 0.673. The summed E-state index contributed by atoms with van der Waals surface area (Å²) in [5.74, 6) is 1.96. The van der Waals surface area contributed by atoms with Crippen molar-refractivity contribution in [3.05, 3.63) is 66.0 Å². The molecule has 0 saturated carbocycles. The summed E-state index contributed by atoms with van der Waals surface area (Å²) in [7, 11) is 2.02. The molecule has 1 fully saturated rings. The number of para-hydroxylation sites is 2. The largest absolute Gasteiger partial charge is 0.342 e. The third-order valence-electron chi connectivity index (χ3n) is 6.21. The number of nitrogens with one attached hydrogen (secondary N) is 2. The zero-order valence-electron chi connectivity index (χ0n) is 17.3. The summed E-state index contributed by atoms with van der Waals surface area (Å²) in [6.07, 6.45) is 2.86. The number of carbonyl (C=O) groups excluding carboxylic acids is 1. The molecule has 1 saturated heterocycles.